The van der Waals surface area contributed by atoms with Crippen molar-refractivity contribution >= 4 is 21.8 Å². The van der Waals surface area contributed by atoms with Crippen LogP contribution in [-0.2, 0) is 4.79 Å². The van der Waals surface area contributed by atoms with E-state index in [1.54, 1.807) is 0 Å². The van der Waals surface area contributed by atoms with Gasteiger partial charge in [-0.2, -0.15) is 0 Å². The molecule has 0 radical (unpaired) electrons. The van der Waals surface area contributed by atoms with Crippen LogP contribution in [0.25, 0.3) is 0 Å². The maximum absolute atomic E-state index is 11.4. The smallest absolute Gasteiger partial charge is 0.233 e. The average Bonchev–Trinajstić information content (AvgIpc) is 2.63. The minimum Gasteiger partial charge on any atom is -0.339 e. The van der Waals surface area contributed by atoms with Crippen LogP contribution in [0.5, 0.6) is 0 Å². The zero-order valence-electron chi connectivity index (χ0n) is 7.71. The lowest BCUT2D eigenvalue weighted by Gasteiger charge is -2.37. The Morgan fingerprint density at radius 2 is 2.23 bits per heavy atom. The van der Waals surface area contributed by atoms with Gasteiger partial charge in [0.25, 0.3) is 0 Å². The molecule has 0 bridgehead atoms. The van der Waals surface area contributed by atoms with Gasteiger partial charge in [0, 0.05) is 25.7 Å². The Balaban J connectivity index is 1.93. The summed E-state index contributed by atoms with van der Waals surface area (Å²) in [5.41, 5.74) is 0. The molecule has 2 aliphatic heterocycles. The Hall–Kier alpha value is -0.0900. The number of halogens is 1. The summed E-state index contributed by atoms with van der Waals surface area (Å²) in [7, 11) is 0. The van der Waals surface area contributed by atoms with Crippen LogP contribution in [0, 0.1) is 0 Å². The standard InChI is InChI=1S/C9H15BrN2O/c10-6-9(13)12-5-4-11-3-1-2-8(11)7-12/h8H,1-7H2. The van der Waals surface area contributed by atoms with Gasteiger partial charge in [-0.25, -0.2) is 0 Å². The summed E-state index contributed by atoms with van der Waals surface area (Å²) in [6.07, 6.45) is 2.58. The van der Waals surface area contributed by atoms with Gasteiger partial charge in [0.2, 0.25) is 5.91 Å². The van der Waals surface area contributed by atoms with Crippen LogP contribution in [0.15, 0.2) is 0 Å². The topological polar surface area (TPSA) is 23.6 Å². The Bertz CT molecular complexity index is 210. The van der Waals surface area contributed by atoms with E-state index < -0.39 is 0 Å². The predicted molar refractivity (Wildman–Crippen MR) is 55.0 cm³/mol. The molecule has 0 N–H and O–H groups in total. The molecule has 2 heterocycles. The molecule has 2 rings (SSSR count). The molecule has 0 aromatic heterocycles. The van der Waals surface area contributed by atoms with Gasteiger partial charge in [-0.1, -0.05) is 15.9 Å². The van der Waals surface area contributed by atoms with Crippen LogP contribution in [0.1, 0.15) is 12.8 Å². The summed E-state index contributed by atoms with van der Waals surface area (Å²) in [4.78, 5) is 15.9. The number of carbonyl (C=O) groups is 1. The molecule has 3 nitrogen and oxygen atoms in total. The largest absolute Gasteiger partial charge is 0.339 e. The molecule has 0 saturated carbocycles. The molecule has 1 unspecified atom stereocenters. The van der Waals surface area contributed by atoms with Crippen molar-refractivity contribution < 1.29 is 4.79 Å². The molecule has 0 spiro atoms. The van der Waals surface area contributed by atoms with E-state index in [4.69, 9.17) is 0 Å². The number of rotatable bonds is 1. The third-order valence-electron chi connectivity index (χ3n) is 3.05. The first kappa shape index (κ1) is 9.46. The summed E-state index contributed by atoms with van der Waals surface area (Å²) in [6.45, 7) is 4.18. The second-order valence-corrected chi connectivity index (χ2v) is 4.37. The van der Waals surface area contributed by atoms with Crippen LogP contribution >= 0.6 is 15.9 Å². The molecule has 1 atom stereocenters. The Labute approximate surface area is 87.2 Å². The highest BCUT2D eigenvalue weighted by Gasteiger charge is 2.31. The first-order valence-corrected chi connectivity index (χ1v) is 6.01. The maximum Gasteiger partial charge on any atom is 0.233 e. The van der Waals surface area contributed by atoms with Crippen molar-refractivity contribution in [3.63, 3.8) is 0 Å². The van der Waals surface area contributed by atoms with Crippen molar-refractivity contribution in [2.24, 2.45) is 0 Å². The SMILES string of the molecule is O=C(CBr)N1CCN2CCCC2C1. The summed E-state index contributed by atoms with van der Waals surface area (Å²) in [5.74, 6) is 0.242. The van der Waals surface area contributed by atoms with E-state index in [0.717, 1.165) is 19.6 Å². The van der Waals surface area contributed by atoms with E-state index in [2.05, 4.69) is 20.8 Å². The van der Waals surface area contributed by atoms with E-state index in [1.165, 1.54) is 19.4 Å². The maximum atomic E-state index is 11.4. The van der Waals surface area contributed by atoms with Gasteiger partial charge >= 0.3 is 0 Å². The number of fused-ring (bicyclic) bond motifs is 1. The minimum absolute atomic E-state index is 0.242. The lowest BCUT2D eigenvalue weighted by atomic mass is 10.1. The van der Waals surface area contributed by atoms with Crippen molar-refractivity contribution in [2.75, 3.05) is 31.5 Å². The Morgan fingerprint density at radius 1 is 1.38 bits per heavy atom. The highest BCUT2D eigenvalue weighted by molar-refractivity contribution is 9.09. The van der Waals surface area contributed by atoms with E-state index in [0.29, 0.717) is 11.4 Å². The van der Waals surface area contributed by atoms with Crippen LogP contribution in [0.3, 0.4) is 0 Å². The molecule has 74 valence electrons. The molecule has 0 aromatic rings. The van der Waals surface area contributed by atoms with Crippen LogP contribution in [0.2, 0.25) is 0 Å². The third-order valence-corrected chi connectivity index (χ3v) is 3.53. The fourth-order valence-electron chi connectivity index (χ4n) is 2.30. The van der Waals surface area contributed by atoms with Crippen molar-refractivity contribution in [1.82, 2.24) is 9.80 Å². The first-order chi connectivity index (χ1) is 6.31. The number of piperazine rings is 1. The highest BCUT2D eigenvalue weighted by atomic mass is 79.9. The van der Waals surface area contributed by atoms with Crippen LogP contribution < -0.4 is 0 Å². The fourth-order valence-corrected chi connectivity index (χ4v) is 2.66. The van der Waals surface area contributed by atoms with Gasteiger partial charge in [-0.3, -0.25) is 9.69 Å². The van der Waals surface area contributed by atoms with E-state index >= 15 is 0 Å². The quantitative estimate of drug-likeness (QED) is 0.636. The molecule has 4 heteroatoms. The summed E-state index contributed by atoms with van der Waals surface area (Å²) in [5, 5.41) is 0.472. The number of amides is 1. The van der Waals surface area contributed by atoms with Crippen molar-refractivity contribution in [3.8, 4) is 0 Å². The van der Waals surface area contributed by atoms with E-state index in [9.17, 15) is 4.79 Å². The van der Waals surface area contributed by atoms with Gasteiger partial charge in [0.05, 0.1) is 5.33 Å². The molecule has 0 aromatic carbocycles. The van der Waals surface area contributed by atoms with Gasteiger partial charge in [0.15, 0.2) is 0 Å². The number of hydrogen-bond acceptors (Lipinski definition) is 2. The van der Waals surface area contributed by atoms with Gasteiger partial charge < -0.3 is 4.90 Å². The Kier molecular flexibility index (Phi) is 2.89. The van der Waals surface area contributed by atoms with Crippen molar-refractivity contribution in [3.05, 3.63) is 0 Å². The molecule has 13 heavy (non-hydrogen) atoms. The molecular weight excluding hydrogens is 232 g/mol. The van der Waals surface area contributed by atoms with Gasteiger partial charge in [-0.15, -0.1) is 0 Å². The second-order valence-electron chi connectivity index (χ2n) is 3.81. The average molecular weight is 247 g/mol. The zero-order chi connectivity index (χ0) is 9.26. The van der Waals surface area contributed by atoms with Gasteiger partial charge in [-0.05, 0) is 19.4 Å². The summed E-state index contributed by atoms with van der Waals surface area (Å²) < 4.78 is 0. The lowest BCUT2D eigenvalue weighted by Crippen LogP contribution is -2.52. The monoisotopic (exact) mass is 246 g/mol. The zero-order valence-corrected chi connectivity index (χ0v) is 9.29. The number of carbonyl (C=O) groups excluding carboxylic acids is 1. The summed E-state index contributed by atoms with van der Waals surface area (Å²) >= 11 is 3.22. The van der Waals surface area contributed by atoms with Crippen LogP contribution in [-0.4, -0.2) is 53.3 Å². The second kappa shape index (κ2) is 3.96. The summed E-state index contributed by atoms with van der Waals surface area (Å²) in [6, 6.07) is 0.650. The number of alkyl halides is 1. The van der Waals surface area contributed by atoms with Gasteiger partial charge in [0.1, 0.15) is 0 Å². The lowest BCUT2D eigenvalue weighted by molar-refractivity contribution is -0.130. The third kappa shape index (κ3) is 1.89. The molecule has 2 saturated heterocycles. The minimum atomic E-state index is 0.242. The fraction of sp³-hybridized carbons (Fsp3) is 0.889. The first-order valence-electron chi connectivity index (χ1n) is 4.89. The highest BCUT2D eigenvalue weighted by Crippen LogP contribution is 2.21. The molecule has 2 aliphatic rings. The van der Waals surface area contributed by atoms with E-state index in [1.807, 2.05) is 4.90 Å². The van der Waals surface area contributed by atoms with Crippen molar-refractivity contribution in [1.29, 1.82) is 0 Å². The molecule has 1 amide bonds. The normalized spacial score (nSPS) is 29.0. The molecular formula is C9H15BrN2O. The number of nitrogens with zero attached hydrogens (tertiary/aromatic N) is 2. The van der Waals surface area contributed by atoms with Crippen molar-refractivity contribution in [2.45, 2.75) is 18.9 Å². The van der Waals surface area contributed by atoms with E-state index in [-0.39, 0.29) is 5.91 Å². The molecule has 2 fully saturated rings. The molecule has 0 aliphatic carbocycles. The Morgan fingerprint density at radius 3 is 3.00 bits per heavy atom. The van der Waals surface area contributed by atoms with Crippen LogP contribution in [0.4, 0.5) is 0 Å². The predicted octanol–water partition coefficient (Wildman–Crippen LogP) is 0.688. The number of hydrogen-bond donors (Lipinski definition) is 0.